The number of anilines is 1. The number of sulfonamides is 1. The molecule has 260 valence electrons. The fraction of sp³-hybridized carbons (Fsp3) is 0.588. The number of aromatic nitrogens is 1. The molecule has 1 aromatic heterocycles. The number of rotatable bonds is 14. The monoisotopic (exact) mass is 705 g/mol. The number of hydrogen-bond donors (Lipinski definition) is 2. The average molecular weight is 706 g/mol. The van der Waals surface area contributed by atoms with Crippen LogP contribution < -0.4 is 5.32 Å². The van der Waals surface area contributed by atoms with Crippen molar-refractivity contribution in [2.45, 2.75) is 75.4 Å². The first-order chi connectivity index (χ1) is 22.9. The Morgan fingerprint density at radius 2 is 1.85 bits per heavy atom. The van der Waals surface area contributed by atoms with Gasteiger partial charge in [-0.15, -0.1) is 0 Å². The summed E-state index contributed by atoms with van der Waals surface area (Å²) >= 11 is 1.39. The van der Waals surface area contributed by atoms with Crippen LogP contribution in [0.15, 0.2) is 41.3 Å². The van der Waals surface area contributed by atoms with Gasteiger partial charge in [0.15, 0.2) is 11.4 Å². The summed E-state index contributed by atoms with van der Waals surface area (Å²) in [5, 5.41) is 15.8. The Kier molecular flexibility index (Phi) is 9.50. The van der Waals surface area contributed by atoms with Crippen molar-refractivity contribution in [3.05, 3.63) is 53.6 Å². The molecular weight excluding hydrogens is 665 g/mol. The Morgan fingerprint density at radius 3 is 2.58 bits per heavy atom. The van der Waals surface area contributed by atoms with Crippen LogP contribution in [0.4, 0.5) is 13.9 Å². The molecule has 3 aromatic rings. The molecule has 48 heavy (non-hydrogen) atoms. The Bertz CT molecular complexity index is 1750. The summed E-state index contributed by atoms with van der Waals surface area (Å²) in [6, 6.07) is 8.26. The molecule has 0 amide bonds. The van der Waals surface area contributed by atoms with E-state index in [9.17, 15) is 27.1 Å². The summed E-state index contributed by atoms with van der Waals surface area (Å²) in [4.78, 5) is 18.1. The summed E-state index contributed by atoms with van der Waals surface area (Å²) in [6.07, 6.45) is 0.642. The van der Waals surface area contributed by atoms with Crippen LogP contribution in [0.3, 0.4) is 0 Å². The van der Waals surface area contributed by atoms with Gasteiger partial charge in [0.2, 0.25) is 10.0 Å². The van der Waals surface area contributed by atoms with Crippen molar-refractivity contribution in [3.63, 3.8) is 0 Å². The van der Waals surface area contributed by atoms with Crippen LogP contribution in [0.5, 0.6) is 0 Å². The van der Waals surface area contributed by atoms with E-state index in [0.29, 0.717) is 24.8 Å². The first-order valence-electron chi connectivity index (χ1n) is 16.7. The quantitative estimate of drug-likeness (QED) is 0.224. The molecule has 2 saturated heterocycles. The molecule has 4 fully saturated rings. The molecule has 2 aliphatic heterocycles. The number of halogens is 2. The van der Waals surface area contributed by atoms with E-state index in [0.717, 1.165) is 47.3 Å². The van der Waals surface area contributed by atoms with Crippen LogP contribution in [0, 0.1) is 41.2 Å². The lowest BCUT2D eigenvalue weighted by atomic mass is 9.90. The second-order valence-electron chi connectivity index (χ2n) is 14.1. The van der Waals surface area contributed by atoms with Crippen LogP contribution in [-0.4, -0.2) is 79.6 Å². The third kappa shape index (κ3) is 7.24. The number of carbonyl (C=O) groups excluding carboxylic acids is 1. The van der Waals surface area contributed by atoms with Crippen LogP contribution in [-0.2, 0) is 35.4 Å². The maximum Gasteiger partial charge on any atom is 0.306 e. The van der Waals surface area contributed by atoms with E-state index in [1.54, 1.807) is 12.1 Å². The Balaban J connectivity index is 1.11. The van der Waals surface area contributed by atoms with E-state index in [-0.39, 0.29) is 72.5 Å². The zero-order valence-corrected chi connectivity index (χ0v) is 28.5. The van der Waals surface area contributed by atoms with Gasteiger partial charge in [0.05, 0.1) is 40.9 Å². The zero-order valence-electron chi connectivity index (χ0n) is 26.9. The van der Waals surface area contributed by atoms with E-state index in [2.05, 4.69) is 10.3 Å². The SMILES string of the molecule is CC(C)CN(C[C@@H](O)[C@@H](CC(=O)OC1C2COC3OCC1C3C2)Cc1cc(F)cc(F)c1)S(=O)(=O)c1ccc2nc(NC3CC3)sc2c1. The van der Waals surface area contributed by atoms with Crippen molar-refractivity contribution < 1.29 is 41.3 Å². The molecule has 2 aromatic carbocycles. The summed E-state index contributed by atoms with van der Waals surface area (Å²) in [7, 11) is -4.10. The van der Waals surface area contributed by atoms with E-state index in [4.69, 9.17) is 14.2 Å². The van der Waals surface area contributed by atoms with Crippen molar-refractivity contribution in [2.75, 3.05) is 31.6 Å². The Morgan fingerprint density at radius 1 is 1.10 bits per heavy atom. The van der Waals surface area contributed by atoms with Gasteiger partial charge in [0.25, 0.3) is 0 Å². The van der Waals surface area contributed by atoms with Crippen LogP contribution in [0.1, 0.15) is 45.1 Å². The highest BCUT2D eigenvalue weighted by Gasteiger charge is 2.56. The van der Waals surface area contributed by atoms with Gasteiger partial charge in [-0.25, -0.2) is 22.2 Å². The van der Waals surface area contributed by atoms with Crippen LogP contribution in [0.25, 0.3) is 10.2 Å². The summed E-state index contributed by atoms with van der Waals surface area (Å²) < 4.78 is 76.1. The second-order valence-corrected chi connectivity index (χ2v) is 17.1. The molecule has 7 atom stereocenters. The maximum atomic E-state index is 14.2. The molecule has 2 aliphatic carbocycles. The lowest BCUT2D eigenvalue weighted by Gasteiger charge is -2.31. The van der Waals surface area contributed by atoms with Crippen molar-refractivity contribution >= 4 is 42.7 Å². The van der Waals surface area contributed by atoms with Crippen molar-refractivity contribution in [3.8, 4) is 0 Å². The van der Waals surface area contributed by atoms with Gasteiger partial charge in [0, 0.05) is 48.9 Å². The normalized spacial score (nSPS) is 26.4. The number of thiazole rings is 1. The second kappa shape index (κ2) is 13.5. The summed E-state index contributed by atoms with van der Waals surface area (Å²) in [5.74, 6) is -2.88. The number of esters is 1. The van der Waals surface area contributed by atoms with Crippen LogP contribution in [0.2, 0.25) is 0 Å². The highest BCUT2D eigenvalue weighted by atomic mass is 32.2. The lowest BCUT2D eigenvalue weighted by Crippen LogP contribution is -2.43. The predicted molar refractivity (Wildman–Crippen MR) is 175 cm³/mol. The van der Waals surface area contributed by atoms with Gasteiger partial charge in [-0.3, -0.25) is 4.79 Å². The smallest absolute Gasteiger partial charge is 0.306 e. The van der Waals surface area contributed by atoms with Crippen molar-refractivity contribution in [1.82, 2.24) is 9.29 Å². The van der Waals surface area contributed by atoms with Gasteiger partial charge < -0.3 is 24.6 Å². The van der Waals surface area contributed by atoms with Gasteiger partial charge in [-0.1, -0.05) is 25.2 Å². The number of carbonyl (C=O) groups is 1. The lowest BCUT2D eigenvalue weighted by molar-refractivity contribution is -0.178. The van der Waals surface area contributed by atoms with E-state index < -0.39 is 39.6 Å². The minimum Gasteiger partial charge on any atom is -0.462 e. The molecular formula is C34H41F2N3O7S2. The molecule has 5 unspecified atom stereocenters. The fourth-order valence-electron chi connectivity index (χ4n) is 7.35. The number of benzene rings is 2. The van der Waals surface area contributed by atoms with Gasteiger partial charge in [-0.05, 0) is 67.5 Å². The molecule has 2 saturated carbocycles. The Labute approximate surface area is 282 Å². The van der Waals surface area contributed by atoms with E-state index in [1.807, 2.05) is 13.8 Å². The molecule has 2 bridgehead atoms. The maximum absolute atomic E-state index is 14.2. The fourth-order valence-corrected chi connectivity index (χ4v) is 10.1. The molecule has 2 N–H and O–H groups in total. The van der Waals surface area contributed by atoms with Crippen LogP contribution >= 0.6 is 11.3 Å². The molecule has 14 heteroatoms. The van der Waals surface area contributed by atoms with Gasteiger partial charge >= 0.3 is 5.97 Å². The van der Waals surface area contributed by atoms with E-state index >= 15 is 0 Å². The molecule has 7 rings (SSSR count). The van der Waals surface area contributed by atoms with Gasteiger partial charge in [-0.2, -0.15) is 4.31 Å². The third-order valence-electron chi connectivity index (χ3n) is 9.81. The number of nitrogens with zero attached hydrogens (tertiary/aromatic N) is 2. The number of fused-ring (bicyclic) bond motifs is 2. The Hall–Kier alpha value is -2.75. The topological polar surface area (TPSA) is 127 Å². The minimum atomic E-state index is -4.10. The average Bonchev–Trinajstić information content (AvgIpc) is 3.47. The molecule has 3 heterocycles. The van der Waals surface area contributed by atoms with Crippen molar-refractivity contribution in [1.29, 1.82) is 0 Å². The number of hydrogen-bond acceptors (Lipinski definition) is 10. The number of nitrogens with one attached hydrogen (secondary N) is 1. The summed E-state index contributed by atoms with van der Waals surface area (Å²) in [5.41, 5.74) is 0.932. The molecule has 0 radical (unpaired) electrons. The first-order valence-corrected chi connectivity index (χ1v) is 18.9. The first kappa shape index (κ1) is 33.7. The summed E-state index contributed by atoms with van der Waals surface area (Å²) in [6.45, 7) is 4.39. The zero-order chi connectivity index (χ0) is 33.7. The predicted octanol–water partition coefficient (Wildman–Crippen LogP) is 4.96. The minimum absolute atomic E-state index is 0.0234. The number of aliphatic hydroxyl groups excluding tert-OH is 1. The highest BCUT2D eigenvalue weighted by molar-refractivity contribution is 7.89. The highest BCUT2D eigenvalue weighted by Crippen LogP contribution is 2.49. The number of aliphatic hydroxyl groups is 1. The van der Waals surface area contributed by atoms with Gasteiger partial charge in [0.1, 0.15) is 17.7 Å². The van der Waals surface area contributed by atoms with Crippen molar-refractivity contribution in [2.24, 2.45) is 29.6 Å². The molecule has 4 aliphatic rings. The van der Waals surface area contributed by atoms with E-state index in [1.165, 1.54) is 21.7 Å². The number of ether oxygens (including phenoxy) is 3. The molecule has 0 spiro atoms. The third-order valence-corrected chi connectivity index (χ3v) is 12.6. The standard InChI is InChI=1S/C34H41F2N3O7S2/c1-18(2)14-39(48(42,43)25-5-6-28-30(13-25)47-34(38-28)37-24-3-4-24)15-29(40)20(7-19-8-22(35)12-23(36)9-19)11-31(41)46-32-21-10-26-27(32)17-45-33(26)44-16-21/h5-6,8-9,12-13,18,20-21,24,26-27,29,32-33,40H,3-4,7,10-11,14-17H2,1-2H3,(H,37,38)/t20-,21?,26?,27?,29-,32?,33?/m1/s1. The largest absolute Gasteiger partial charge is 0.462 e. The molecule has 10 nitrogen and oxygen atoms in total.